The lowest BCUT2D eigenvalue weighted by atomic mass is 10.1. The number of hydrogen-bond donors (Lipinski definition) is 1. The van der Waals surface area contributed by atoms with E-state index < -0.39 is 5.97 Å². The van der Waals surface area contributed by atoms with E-state index in [1.54, 1.807) is 18.2 Å². The van der Waals surface area contributed by atoms with Crippen LogP contribution in [0, 0.1) is 0 Å². The molecular weight excluding hydrogens is 279 g/mol. The molecule has 0 atom stereocenters. The monoisotopic (exact) mass is 286 g/mol. The van der Waals surface area contributed by atoms with Gasteiger partial charge in [0.05, 0.1) is 10.0 Å². The van der Waals surface area contributed by atoms with Crippen LogP contribution in [0.3, 0.4) is 0 Å². The van der Waals surface area contributed by atoms with E-state index in [0.717, 1.165) is 5.56 Å². The molecule has 0 saturated heterocycles. The van der Waals surface area contributed by atoms with Gasteiger partial charge in [0.1, 0.15) is 6.42 Å². The van der Waals surface area contributed by atoms with Gasteiger partial charge in [0, 0.05) is 6.42 Å². The zero-order valence-electron chi connectivity index (χ0n) is 9.06. The molecule has 0 fully saturated rings. The summed E-state index contributed by atoms with van der Waals surface area (Å²) in [4.78, 5) is 14.4. The summed E-state index contributed by atoms with van der Waals surface area (Å²) in [7, 11) is 0. The first-order valence-electron chi connectivity index (χ1n) is 5.02. The summed E-state index contributed by atoms with van der Waals surface area (Å²) < 4.78 is 4.80. The molecule has 1 aromatic carbocycles. The minimum Gasteiger partial charge on any atom is -0.481 e. The van der Waals surface area contributed by atoms with Crippen LogP contribution in [-0.2, 0) is 17.6 Å². The van der Waals surface area contributed by atoms with Gasteiger partial charge in [-0.3, -0.25) is 4.79 Å². The van der Waals surface area contributed by atoms with Crippen LogP contribution in [-0.4, -0.2) is 21.2 Å². The molecule has 0 amide bonds. The molecule has 0 radical (unpaired) electrons. The normalized spacial score (nSPS) is 10.6. The Morgan fingerprint density at radius 1 is 1.33 bits per heavy atom. The predicted octanol–water partition coefficient (Wildman–Crippen LogP) is 2.59. The fourth-order valence-electron chi connectivity index (χ4n) is 1.40. The van der Waals surface area contributed by atoms with Crippen LogP contribution in [0.25, 0.3) is 0 Å². The quantitative estimate of drug-likeness (QED) is 0.935. The van der Waals surface area contributed by atoms with Crippen molar-refractivity contribution in [1.29, 1.82) is 0 Å². The van der Waals surface area contributed by atoms with Crippen molar-refractivity contribution in [2.75, 3.05) is 0 Å². The minimum absolute atomic E-state index is 0.0811. The van der Waals surface area contributed by atoms with Crippen LogP contribution >= 0.6 is 23.2 Å². The van der Waals surface area contributed by atoms with E-state index in [2.05, 4.69) is 10.1 Å². The van der Waals surface area contributed by atoms with Gasteiger partial charge < -0.3 is 9.63 Å². The van der Waals surface area contributed by atoms with Crippen LogP contribution in [0.5, 0.6) is 0 Å². The summed E-state index contributed by atoms with van der Waals surface area (Å²) in [6, 6.07) is 5.18. The van der Waals surface area contributed by atoms with Gasteiger partial charge in [0.25, 0.3) is 0 Å². The molecule has 0 spiro atoms. The molecule has 2 aromatic rings. The van der Waals surface area contributed by atoms with Gasteiger partial charge in [-0.1, -0.05) is 34.4 Å². The Bertz CT molecular complexity index is 583. The van der Waals surface area contributed by atoms with Crippen molar-refractivity contribution >= 4 is 29.2 Å². The Hall–Kier alpha value is -1.59. The molecule has 18 heavy (non-hydrogen) atoms. The number of carboxylic acids is 1. The number of hydrogen-bond acceptors (Lipinski definition) is 4. The molecule has 0 aliphatic rings. The zero-order valence-corrected chi connectivity index (χ0v) is 10.6. The summed E-state index contributed by atoms with van der Waals surface area (Å²) in [5.74, 6) is -0.526. The van der Waals surface area contributed by atoms with E-state index in [4.69, 9.17) is 32.8 Å². The maximum absolute atomic E-state index is 10.5. The fourth-order valence-corrected chi connectivity index (χ4v) is 1.72. The number of benzene rings is 1. The highest BCUT2D eigenvalue weighted by Crippen LogP contribution is 2.23. The highest BCUT2D eigenvalue weighted by molar-refractivity contribution is 6.42. The molecule has 0 bridgehead atoms. The maximum atomic E-state index is 10.5. The van der Waals surface area contributed by atoms with Gasteiger partial charge in [-0.05, 0) is 17.7 Å². The number of aliphatic carboxylic acids is 1. The third-order valence-electron chi connectivity index (χ3n) is 2.16. The minimum atomic E-state index is -1.01. The first-order valence-corrected chi connectivity index (χ1v) is 5.77. The van der Waals surface area contributed by atoms with Gasteiger partial charge in [0.2, 0.25) is 5.89 Å². The third kappa shape index (κ3) is 3.21. The largest absolute Gasteiger partial charge is 0.481 e. The summed E-state index contributed by atoms with van der Waals surface area (Å²) >= 11 is 11.7. The topological polar surface area (TPSA) is 76.2 Å². The van der Waals surface area contributed by atoms with Crippen molar-refractivity contribution in [3.8, 4) is 0 Å². The molecular formula is C11H8Cl2N2O3. The van der Waals surface area contributed by atoms with Crippen molar-refractivity contribution in [1.82, 2.24) is 10.1 Å². The molecule has 0 aliphatic carbocycles. The smallest absolute Gasteiger partial charge is 0.312 e. The molecule has 0 aliphatic heterocycles. The lowest BCUT2D eigenvalue weighted by molar-refractivity contribution is -0.136. The van der Waals surface area contributed by atoms with Crippen LogP contribution in [0.1, 0.15) is 17.3 Å². The Labute approximate surface area is 112 Å². The second-order valence-corrected chi connectivity index (χ2v) is 4.41. The number of aromatic nitrogens is 2. The molecule has 7 heteroatoms. The molecule has 94 valence electrons. The first kappa shape index (κ1) is 12.9. The number of halogens is 2. The second kappa shape index (κ2) is 5.37. The molecule has 1 heterocycles. The van der Waals surface area contributed by atoms with Crippen LogP contribution in [0.2, 0.25) is 10.0 Å². The van der Waals surface area contributed by atoms with Crippen molar-refractivity contribution in [3.05, 3.63) is 45.5 Å². The molecule has 5 nitrogen and oxygen atoms in total. The molecule has 2 rings (SSSR count). The number of rotatable bonds is 4. The van der Waals surface area contributed by atoms with Crippen LogP contribution in [0.4, 0.5) is 0 Å². The average molecular weight is 287 g/mol. The molecule has 1 aromatic heterocycles. The van der Waals surface area contributed by atoms with Gasteiger partial charge in [-0.15, -0.1) is 0 Å². The predicted molar refractivity (Wildman–Crippen MR) is 64.9 cm³/mol. The Kier molecular flexibility index (Phi) is 3.84. The molecule has 0 unspecified atom stereocenters. The third-order valence-corrected chi connectivity index (χ3v) is 2.90. The Morgan fingerprint density at radius 2 is 2.11 bits per heavy atom. The first-order chi connectivity index (χ1) is 8.54. The number of nitrogens with zero attached hydrogens (tertiary/aromatic N) is 2. The van der Waals surface area contributed by atoms with E-state index in [9.17, 15) is 4.79 Å². The fraction of sp³-hybridized carbons (Fsp3) is 0.182. The van der Waals surface area contributed by atoms with Crippen molar-refractivity contribution in [2.45, 2.75) is 12.8 Å². The summed E-state index contributed by atoms with van der Waals surface area (Å²) in [6.07, 6.45) is 0.119. The summed E-state index contributed by atoms with van der Waals surface area (Å²) in [5.41, 5.74) is 0.868. The number of carbonyl (C=O) groups is 1. The van der Waals surface area contributed by atoms with Gasteiger partial charge in [0.15, 0.2) is 5.82 Å². The lowest BCUT2D eigenvalue weighted by Crippen LogP contribution is -2.00. The van der Waals surface area contributed by atoms with Crippen LogP contribution in [0.15, 0.2) is 22.7 Å². The van der Waals surface area contributed by atoms with Crippen molar-refractivity contribution < 1.29 is 14.4 Å². The maximum Gasteiger partial charge on any atom is 0.312 e. The Morgan fingerprint density at radius 3 is 2.78 bits per heavy atom. The Balaban J connectivity index is 2.11. The lowest BCUT2D eigenvalue weighted by Gasteiger charge is -1.99. The van der Waals surface area contributed by atoms with Gasteiger partial charge >= 0.3 is 5.97 Å². The highest BCUT2D eigenvalue weighted by Gasteiger charge is 2.11. The summed E-state index contributed by atoms with van der Waals surface area (Å²) in [6.45, 7) is 0. The van der Waals surface area contributed by atoms with Gasteiger partial charge in [-0.2, -0.15) is 4.98 Å². The SMILES string of the molecule is O=C(O)Cc1nc(Cc2ccc(Cl)c(Cl)c2)no1. The van der Waals surface area contributed by atoms with E-state index in [1.165, 1.54) is 0 Å². The van der Waals surface area contributed by atoms with Crippen LogP contribution < -0.4 is 0 Å². The molecule has 1 N–H and O–H groups in total. The van der Waals surface area contributed by atoms with Crippen molar-refractivity contribution in [2.24, 2.45) is 0 Å². The highest BCUT2D eigenvalue weighted by atomic mass is 35.5. The van der Waals surface area contributed by atoms with E-state index >= 15 is 0 Å². The average Bonchev–Trinajstić information content (AvgIpc) is 2.70. The van der Waals surface area contributed by atoms with E-state index in [0.29, 0.717) is 22.3 Å². The zero-order chi connectivity index (χ0) is 13.1. The van der Waals surface area contributed by atoms with Crippen molar-refractivity contribution in [3.63, 3.8) is 0 Å². The van der Waals surface area contributed by atoms with Gasteiger partial charge in [-0.25, -0.2) is 0 Å². The number of carboxylic acid groups (broad SMARTS) is 1. The standard InChI is InChI=1S/C11H8Cl2N2O3/c12-7-2-1-6(3-8(7)13)4-9-14-10(18-15-9)5-11(16)17/h1-3H,4-5H2,(H,16,17). The second-order valence-electron chi connectivity index (χ2n) is 3.60. The van der Waals surface area contributed by atoms with E-state index in [1.807, 2.05) is 0 Å². The summed E-state index contributed by atoms with van der Waals surface area (Å²) in [5, 5.41) is 13.2. The molecule has 0 saturated carbocycles. The van der Waals surface area contributed by atoms with E-state index in [-0.39, 0.29) is 12.3 Å².